The van der Waals surface area contributed by atoms with Crippen molar-refractivity contribution in [3.05, 3.63) is 54.1 Å². The zero-order chi connectivity index (χ0) is 24.6. The van der Waals surface area contributed by atoms with E-state index in [0.29, 0.717) is 17.9 Å². The molecule has 1 aliphatic rings. The second-order valence-corrected chi connectivity index (χ2v) is 9.23. The maximum atomic E-state index is 12.4. The molecular formula is C29H43N3O2. The number of amides is 2. The Bertz CT molecular complexity index is 841. The van der Waals surface area contributed by atoms with Crippen LogP contribution >= 0.6 is 0 Å². The van der Waals surface area contributed by atoms with E-state index in [1.165, 1.54) is 44.9 Å². The summed E-state index contributed by atoms with van der Waals surface area (Å²) in [4.78, 5) is 24.5. The maximum Gasteiger partial charge on any atom is 0.251 e. The largest absolute Gasteiger partial charge is 0.352 e. The minimum atomic E-state index is 0.00844. The molecule has 34 heavy (non-hydrogen) atoms. The van der Waals surface area contributed by atoms with Crippen LogP contribution in [-0.2, 0) is 4.79 Å². The van der Waals surface area contributed by atoms with Gasteiger partial charge in [-0.3, -0.25) is 9.59 Å². The summed E-state index contributed by atoms with van der Waals surface area (Å²) in [7, 11) is 3.75. The number of nitrogens with one attached hydrogen (secondary N) is 3. The van der Waals surface area contributed by atoms with Crippen LogP contribution in [0, 0.1) is 5.92 Å². The van der Waals surface area contributed by atoms with Crippen LogP contribution in [0.25, 0.3) is 11.1 Å². The zero-order valence-corrected chi connectivity index (χ0v) is 21.3. The molecular weight excluding hydrogens is 422 g/mol. The summed E-state index contributed by atoms with van der Waals surface area (Å²) in [6, 6.07) is 15.6. The first kappa shape index (κ1) is 27.6. The summed E-state index contributed by atoms with van der Waals surface area (Å²) in [6.45, 7) is 2.95. The van der Waals surface area contributed by atoms with Crippen molar-refractivity contribution < 1.29 is 9.59 Å². The van der Waals surface area contributed by atoms with Crippen LogP contribution in [-0.4, -0.2) is 32.5 Å². The molecule has 0 saturated heterocycles. The van der Waals surface area contributed by atoms with E-state index < -0.39 is 0 Å². The molecule has 2 amide bonds. The van der Waals surface area contributed by atoms with E-state index >= 15 is 0 Å². The molecule has 0 bridgehead atoms. The van der Waals surface area contributed by atoms with Gasteiger partial charge in [-0.1, -0.05) is 69.7 Å². The first-order chi connectivity index (χ1) is 16.6. The van der Waals surface area contributed by atoms with Crippen molar-refractivity contribution in [1.82, 2.24) is 10.6 Å². The van der Waals surface area contributed by atoms with Crippen LogP contribution in [0.1, 0.15) is 81.5 Å². The van der Waals surface area contributed by atoms with Gasteiger partial charge in [0.25, 0.3) is 5.91 Å². The van der Waals surface area contributed by atoms with Gasteiger partial charge in [0.05, 0.1) is 0 Å². The Balaban J connectivity index is 0.00000129. The van der Waals surface area contributed by atoms with E-state index in [0.717, 1.165) is 36.2 Å². The predicted molar refractivity (Wildman–Crippen MR) is 143 cm³/mol. The van der Waals surface area contributed by atoms with Gasteiger partial charge in [-0.2, -0.15) is 0 Å². The highest BCUT2D eigenvalue weighted by molar-refractivity contribution is 5.94. The Kier molecular flexibility index (Phi) is 13.0. The average molecular weight is 466 g/mol. The van der Waals surface area contributed by atoms with E-state index in [1.807, 2.05) is 62.6 Å². The highest BCUT2D eigenvalue weighted by Crippen LogP contribution is 2.24. The summed E-state index contributed by atoms with van der Waals surface area (Å²) in [5, 5.41) is 8.82. The van der Waals surface area contributed by atoms with Crippen molar-refractivity contribution >= 4 is 17.5 Å². The lowest BCUT2D eigenvalue weighted by Crippen LogP contribution is -2.30. The number of benzene rings is 2. The van der Waals surface area contributed by atoms with E-state index in [1.54, 1.807) is 0 Å². The molecule has 0 spiro atoms. The summed E-state index contributed by atoms with van der Waals surface area (Å²) >= 11 is 0. The number of hydrogen-bond acceptors (Lipinski definition) is 3. The molecule has 0 atom stereocenters. The van der Waals surface area contributed by atoms with Gasteiger partial charge < -0.3 is 16.0 Å². The topological polar surface area (TPSA) is 70.2 Å². The van der Waals surface area contributed by atoms with Crippen LogP contribution in [0.3, 0.4) is 0 Å². The van der Waals surface area contributed by atoms with Gasteiger partial charge in [0.2, 0.25) is 5.91 Å². The molecule has 2 aromatic carbocycles. The highest BCUT2D eigenvalue weighted by atomic mass is 16.2. The van der Waals surface area contributed by atoms with E-state index in [4.69, 9.17) is 0 Å². The molecule has 5 nitrogen and oxygen atoms in total. The van der Waals surface area contributed by atoms with Gasteiger partial charge in [-0.25, -0.2) is 0 Å². The van der Waals surface area contributed by atoms with Crippen molar-refractivity contribution in [2.45, 2.75) is 71.1 Å². The summed E-state index contributed by atoms with van der Waals surface area (Å²) in [6.07, 6.45) is 11.4. The SMILES string of the molecule is CCCCCCC(=O)Nc1ccc(-c2ccc(C(=O)NCC3CCCCC3)cc2)cc1.CNC. The predicted octanol–water partition coefficient (Wildman–Crippen LogP) is 6.41. The second kappa shape index (κ2) is 16.0. The fourth-order valence-electron chi connectivity index (χ4n) is 4.23. The molecule has 2 aromatic rings. The number of hydrogen-bond donors (Lipinski definition) is 3. The minimum Gasteiger partial charge on any atom is -0.352 e. The summed E-state index contributed by atoms with van der Waals surface area (Å²) < 4.78 is 0. The molecule has 5 heteroatoms. The molecule has 0 unspecified atom stereocenters. The molecule has 1 saturated carbocycles. The zero-order valence-electron chi connectivity index (χ0n) is 21.3. The van der Waals surface area contributed by atoms with Crippen LogP contribution in [0.15, 0.2) is 48.5 Å². The lowest BCUT2D eigenvalue weighted by Gasteiger charge is -2.21. The fraction of sp³-hybridized carbons (Fsp3) is 0.517. The van der Waals surface area contributed by atoms with Crippen LogP contribution in [0.5, 0.6) is 0 Å². The minimum absolute atomic E-state index is 0.00844. The fourth-order valence-corrected chi connectivity index (χ4v) is 4.23. The number of anilines is 1. The summed E-state index contributed by atoms with van der Waals surface area (Å²) in [5.74, 6) is 0.717. The molecule has 0 radical (unpaired) electrons. The molecule has 3 rings (SSSR count). The molecule has 1 aliphatic carbocycles. The normalized spacial score (nSPS) is 13.5. The van der Waals surface area contributed by atoms with E-state index in [2.05, 4.69) is 22.9 Å². The lowest BCUT2D eigenvalue weighted by atomic mass is 9.89. The third-order valence-electron chi connectivity index (χ3n) is 6.18. The van der Waals surface area contributed by atoms with Gasteiger partial charge in [0.15, 0.2) is 0 Å². The van der Waals surface area contributed by atoms with E-state index in [9.17, 15) is 9.59 Å². The van der Waals surface area contributed by atoms with Crippen molar-refractivity contribution in [3.63, 3.8) is 0 Å². The number of rotatable bonds is 10. The Morgan fingerprint density at radius 1 is 0.824 bits per heavy atom. The molecule has 0 heterocycles. The lowest BCUT2D eigenvalue weighted by molar-refractivity contribution is -0.116. The number of unbranched alkanes of at least 4 members (excludes halogenated alkanes) is 3. The summed E-state index contributed by atoms with van der Waals surface area (Å²) in [5.41, 5.74) is 3.64. The molecule has 3 N–H and O–H groups in total. The standard InChI is InChI=1S/C27H36N2O2.C2H7N/c1-2-3-4-8-11-26(30)29-25-18-16-23(17-19-25)22-12-14-24(15-13-22)27(31)28-20-21-9-6-5-7-10-21;1-3-2/h12-19,21H,2-11,20H2,1H3,(H,28,31)(H,29,30);3H,1-2H3. The third-order valence-corrected chi connectivity index (χ3v) is 6.18. The molecule has 0 aromatic heterocycles. The van der Waals surface area contributed by atoms with Crippen molar-refractivity contribution in [2.24, 2.45) is 5.92 Å². The van der Waals surface area contributed by atoms with Gasteiger partial charge in [-0.15, -0.1) is 0 Å². The van der Waals surface area contributed by atoms with Crippen molar-refractivity contribution in [1.29, 1.82) is 0 Å². The highest BCUT2D eigenvalue weighted by Gasteiger charge is 2.15. The quantitative estimate of drug-likeness (QED) is 0.355. The van der Waals surface area contributed by atoms with Crippen LogP contribution in [0.2, 0.25) is 0 Å². The number of carbonyl (C=O) groups excluding carboxylic acids is 2. The van der Waals surface area contributed by atoms with Gasteiger partial charge in [0.1, 0.15) is 0 Å². The van der Waals surface area contributed by atoms with Crippen LogP contribution in [0.4, 0.5) is 5.69 Å². The van der Waals surface area contributed by atoms with Gasteiger partial charge in [0, 0.05) is 24.2 Å². The van der Waals surface area contributed by atoms with Crippen LogP contribution < -0.4 is 16.0 Å². The smallest absolute Gasteiger partial charge is 0.251 e. The van der Waals surface area contributed by atoms with Gasteiger partial charge >= 0.3 is 0 Å². The Hall–Kier alpha value is -2.66. The molecule has 0 aliphatic heterocycles. The Morgan fingerprint density at radius 2 is 1.41 bits per heavy atom. The maximum absolute atomic E-state index is 12.4. The monoisotopic (exact) mass is 465 g/mol. The molecule has 1 fully saturated rings. The molecule has 186 valence electrons. The third kappa shape index (κ3) is 10.1. The van der Waals surface area contributed by atoms with E-state index in [-0.39, 0.29) is 11.8 Å². The van der Waals surface area contributed by atoms with Gasteiger partial charge in [-0.05, 0) is 74.7 Å². The van der Waals surface area contributed by atoms with Crippen molar-refractivity contribution in [3.8, 4) is 11.1 Å². The average Bonchev–Trinajstić information content (AvgIpc) is 2.87. The first-order valence-electron chi connectivity index (χ1n) is 12.9. The number of carbonyl (C=O) groups is 2. The first-order valence-corrected chi connectivity index (χ1v) is 12.9. The Morgan fingerprint density at radius 3 is 2.00 bits per heavy atom. The Labute approximate surface area is 206 Å². The second-order valence-electron chi connectivity index (χ2n) is 9.23. The van der Waals surface area contributed by atoms with Crippen molar-refractivity contribution in [2.75, 3.05) is 26.0 Å².